The molecule has 2 fully saturated rings. The summed E-state index contributed by atoms with van der Waals surface area (Å²) < 4.78 is 56.4. The Balaban J connectivity index is 0.000000495. The van der Waals surface area contributed by atoms with Gasteiger partial charge in [-0.05, 0) is 130 Å². The van der Waals surface area contributed by atoms with Gasteiger partial charge >= 0.3 is 17.9 Å². The predicted molar refractivity (Wildman–Crippen MR) is 313 cm³/mol. The molecule has 3 amide bonds. The Morgan fingerprint density at radius 1 is 0.738 bits per heavy atom. The number of nitrogens with one attached hydrogen (secondary N) is 2. The van der Waals surface area contributed by atoms with Gasteiger partial charge in [0.25, 0.3) is 0 Å². The fourth-order valence-corrected chi connectivity index (χ4v) is 10.9. The van der Waals surface area contributed by atoms with Gasteiger partial charge in [-0.15, -0.1) is 0 Å². The molecule has 0 aromatic heterocycles. The minimum Gasteiger partial charge on any atom is -0.480 e. The summed E-state index contributed by atoms with van der Waals surface area (Å²) in [4.78, 5) is 93.1. The average molecular weight is 1180 g/mol. The van der Waals surface area contributed by atoms with Gasteiger partial charge in [-0.25, -0.2) is 18.0 Å². The van der Waals surface area contributed by atoms with Crippen molar-refractivity contribution >= 4 is 41.4 Å². The third-order valence-electron chi connectivity index (χ3n) is 15.6. The molecule has 8 N–H and O–H groups in total. The van der Waals surface area contributed by atoms with Gasteiger partial charge in [-0.1, -0.05) is 91.3 Å². The Bertz CT molecular complexity index is 2660. The number of halogens is 3. The molecule has 1 aliphatic heterocycles. The van der Waals surface area contributed by atoms with E-state index in [0.717, 1.165) is 12.8 Å². The second kappa shape index (κ2) is 33.4. The van der Waals surface area contributed by atoms with E-state index < -0.39 is 89.5 Å². The molecule has 1 saturated carbocycles. The Morgan fingerprint density at radius 3 is 1.67 bits per heavy atom. The molecule has 13 atom stereocenters. The number of ketones is 1. The van der Waals surface area contributed by atoms with E-state index in [2.05, 4.69) is 10.6 Å². The molecule has 3 aromatic carbocycles. The first-order valence-electron chi connectivity index (χ1n) is 28.9. The molecular weight excluding hydrogens is 1090 g/mol. The number of carbonyl (C=O) groups excluding carboxylic acids is 5. The number of methoxy groups -OCH3 is 2. The molecule has 3 aromatic rings. The molecule has 0 spiro atoms. The first kappa shape index (κ1) is 72.0. The molecule has 21 heteroatoms. The molecule has 1 saturated heterocycles. The number of fused-ring (bicyclic) bond motifs is 1. The van der Waals surface area contributed by atoms with Crippen molar-refractivity contribution in [3.05, 3.63) is 107 Å². The Morgan fingerprint density at radius 2 is 1.25 bits per heavy atom. The number of piperidine rings is 1. The number of likely N-dealkylation sites (tertiary alicyclic amines) is 1. The first-order valence-corrected chi connectivity index (χ1v) is 28.9. The predicted octanol–water partition coefficient (Wildman–Crippen LogP) is 7.15. The third kappa shape index (κ3) is 22.0. The van der Waals surface area contributed by atoms with E-state index in [4.69, 9.17) is 30.8 Å². The van der Waals surface area contributed by atoms with Crippen LogP contribution in [-0.4, -0.2) is 150 Å². The number of hydrogen-bond acceptors (Lipinski definition) is 13. The third-order valence-corrected chi connectivity index (χ3v) is 15.6. The number of Topliss-reactive ketones (excluding diaryl/α,β-unsaturated/α-hetero) is 1. The van der Waals surface area contributed by atoms with Crippen LogP contribution < -0.4 is 22.1 Å². The molecule has 84 heavy (non-hydrogen) atoms. The Kier molecular flexibility index (Phi) is 28.7. The summed E-state index contributed by atoms with van der Waals surface area (Å²) >= 11 is 0. The number of carboxylic acid groups (broad SMARTS) is 2. The van der Waals surface area contributed by atoms with Crippen LogP contribution >= 0.6 is 0 Å². The van der Waals surface area contributed by atoms with Gasteiger partial charge in [0, 0.05) is 46.1 Å². The number of ether oxygens (including phenoxy) is 3. The van der Waals surface area contributed by atoms with E-state index >= 15 is 0 Å². The Hall–Kier alpha value is -6.26. The summed E-state index contributed by atoms with van der Waals surface area (Å²) in [5.41, 5.74) is 12.1. The van der Waals surface area contributed by atoms with Gasteiger partial charge in [-0.3, -0.25) is 28.8 Å². The Labute approximate surface area is 494 Å². The lowest BCUT2D eigenvalue weighted by atomic mass is 9.84. The fraction of sp³-hybridized carbons (Fsp3) is 0.603. The molecule has 1 heterocycles. The number of hydrogen-bond donors (Lipinski definition) is 6. The zero-order valence-corrected chi connectivity index (χ0v) is 51.4. The van der Waals surface area contributed by atoms with Crippen LogP contribution in [0.25, 0.3) is 0 Å². The highest BCUT2D eigenvalue weighted by atomic mass is 19.1. The topological polar surface area (TPSA) is 270 Å². The molecule has 2 aliphatic rings. The van der Waals surface area contributed by atoms with Crippen molar-refractivity contribution in [2.75, 3.05) is 28.3 Å². The van der Waals surface area contributed by atoms with Gasteiger partial charge in [0.15, 0.2) is 5.78 Å². The number of benzene rings is 3. The number of rotatable bonds is 28. The van der Waals surface area contributed by atoms with Gasteiger partial charge in [0.2, 0.25) is 17.7 Å². The zero-order valence-electron chi connectivity index (χ0n) is 51.4. The van der Waals surface area contributed by atoms with Crippen molar-refractivity contribution in [2.45, 2.75) is 181 Å². The maximum absolute atomic E-state index is 14.4. The average Bonchev–Trinajstić information content (AvgIpc) is 1.77. The van der Waals surface area contributed by atoms with Crippen molar-refractivity contribution in [3.8, 4) is 0 Å². The summed E-state index contributed by atoms with van der Waals surface area (Å²) in [7, 11) is 6.52. The van der Waals surface area contributed by atoms with Crippen LogP contribution in [0.2, 0.25) is 0 Å². The molecule has 5 rings (SSSR count). The molecule has 468 valence electrons. The van der Waals surface area contributed by atoms with E-state index in [-0.39, 0.29) is 97.1 Å². The summed E-state index contributed by atoms with van der Waals surface area (Å²) in [5.74, 6) is -6.04. The largest absolute Gasteiger partial charge is 0.480 e. The van der Waals surface area contributed by atoms with Crippen LogP contribution in [0.3, 0.4) is 0 Å². The van der Waals surface area contributed by atoms with Crippen LogP contribution in [0.4, 0.5) is 13.2 Å². The van der Waals surface area contributed by atoms with Gasteiger partial charge in [0.1, 0.15) is 41.2 Å². The van der Waals surface area contributed by atoms with Gasteiger partial charge < -0.3 is 56.3 Å². The van der Waals surface area contributed by atoms with Crippen LogP contribution in [0, 0.1) is 53.0 Å². The number of carbonyl (C=O) groups is 7. The molecule has 0 bridgehead atoms. The molecular formula is C63H93F3N6O12. The summed E-state index contributed by atoms with van der Waals surface area (Å²) in [6.07, 6.45) is 1.25. The van der Waals surface area contributed by atoms with Crippen molar-refractivity contribution in [1.82, 2.24) is 20.4 Å². The quantitative estimate of drug-likeness (QED) is 0.0394. The maximum Gasteiger partial charge on any atom is 0.326 e. The summed E-state index contributed by atoms with van der Waals surface area (Å²) in [6, 6.07) is 13.1. The van der Waals surface area contributed by atoms with Gasteiger partial charge in [0.05, 0.1) is 42.7 Å². The highest BCUT2D eigenvalue weighted by Crippen LogP contribution is 2.50. The van der Waals surface area contributed by atoms with E-state index in [1.807, 2.05) is 46.4 Å². The lowest BCUT2D eigenvalue weighted by Crippen LogP contribution is -2.55. The standard InChI is InChI=1S/C41H65FN4O8.C13H18FNO2.C9H10FNO2/c1-12-24(6)37(45(9)40(50)29(22(2)3)20-33(47)36(43-8)23(4)5)34(53-10)21-35(48)46-31-18-27(31)19-32(46)38(54-11)25(7)39(49)44-30(41(51)52)17-26-14-13-15-28(42)16-26;1-13(2,3)17-12(16)11(15)8-9-5-4-6-10(14)7-9;10-7-3-1-2-6(4-7)5-8(11)9(12)13/h13-16,22-25,27,29-32,34,36-38,43H,12,17-21H2,1-11H3,(H,44,49)(H,51,52);4-7,11H,8,15H2,1-3H3;1-4,8H,5,11H2,(H,12,13)/t24-,25+,27-,29-,30-,31-,32-,34+,36-,37-,38+;11-;8-/m000/s1. The fourth-order valence-electron chi connectivity index (χ4n) is 10.9. The highest BCUT2D eigenvalue weighted by Gasteiger charge is 2.57. The van der Waals surface area contributed by atoms with Crippen molar-refractivity contribution in [2.24, 2.45) is 47.0 Å². The lowest BCUT2D eigenvalue weighted by Gasteiger charge is -2.41. The van der Waals surface area contributed by atoms with Gasteiger partial charge in [-0.2, -0.15) is 0 Å². The number of likely N-dealkylation sites (N-methyl/N-ethyl adjacent to an activating group) is 2. The van der Waals surface area contributed by atoms with Crippen LogP contribution in [0.1, 0.15) is 118 Å². The van der Waals surface area contributed by atoms with E-state index in [9.17, 15) is 51.8 Å². The second-order valence-electron chi connectivity index (χ2n) is 24.0. The maximum atomic E-state index is 14.4. The highest BCUT2D eigenvalue weighted by molar-refractivity contribution is 5.90. The number of nitrogens with two attached hydrogens (primary N) is 2. The number of aliphatic carboxylic acids is 2. The minimum atomic E-state index is -1.29. The molecule has 1 aliphatic carbocycles. The van der Waals surface area contributed by atoms with Crippen LogP contribution in [-0.2, 0) is 67.0 Å². The van der Waals surface area contributed by atoms with Crippen molar-refractivity contribution in [3.63, 3.8) is 0 Å². The minimum absolute atomic E-state index is 0.00492. The number of nitrogens with zero attached hydrogens (tertiary/aromatic N) is 2. The number of amides is 3. The van der Waals surface area contributed by atoms with E-state index in [1.54, 1.807) is 78.1 Å². The summed E-state index contributed by atoms with van der Waals surface area (Å²) in [5, 5.41) is 24.1. The van der Waals surface area contributed by atoms with Crippen LogP contribution in [0.5, 0.6) is 0 Å². The van der Waals surface area contributed by atoms with Crippen molar-refractivity contribution in [1.29, 1.82) is 0 Å². The lowest BCUT2D eigenvalue weighted by molar-refractivity contribution is -0.156. The monoisotopic (exact) mass is 1180 g/mol. The number of esters is 1. The smallest absolute Gasteiger partial charge is 0.326 e. The first-order chi connectivity index (χ1) is 39.3. The summed E-state index contributed by atoms with van der Waals surface area (Å²) in [6.45, 7) is 18.9. The van der Waals surface area contributed by atoms with E-state index in [1.165, 1.54) is 55.6 Å². The zero-order chi connectivity index (χ0) is 63.5. The second-order valence-corrected chi connectivity index (χ2v) is 24.0. The van der Waals surface area contributed by atoms with E-state index in [0.29, 0.717) is 23.1 Å². The number of carboxylic acids is 2. The van der Waals surface area contributed by atoms with Crippen LogP contribution in [0.15, 0.2) is 72.8 Å². The SMILES string of the molecule is CC(C)(C)OC(=O)[C@@H](N)Cc1cccc(F)c1.CC[C@H](C)[C@@H]([C@@H](CC(=O)N1[C@H]2C[C@H]2C[C@H]1[C@H](OC)[C@@H](C)C(=O)N[C@@H](Cc1cccc(F)c1)C(=O)O)OC)N(C)C(=O)[C@@H](CC(=O)[C@@H](NC)C(C)C)C(C)C.N[C@@H](Cc1cccc(F)c1)C(=O)O. The molecule has 0 unspecified atom stereocenters. The molecule has 18 nitrogen and oxygen atoms in total. The molecule has 0 radical (unpaired) electrons. The van der Waals surface area contributed by atoms with Crippen molar-refractivity contribution < 1.29 is 71.2 Å². The normalized spacial score (nSPS) is 19.0.